The third kappa shape index (κ3) is 4.57. The molecule has 32 heavy (non-hydrogen) atoms. The number of esters is 1. The molecule has 0 radical (unpaired) electrons. The van der Waals surface area contributed by atoms with Crippen LogP contribution in [0.25, 0.3) is 17.0 Å². The van der Waals surface area contributed by atoms with Crippen LogP contribution in [-0.2, 0) is 25.7 Å². The maximum Gasteiger partial charge on any atom is 0.325 e. The predicted molar refractivity (Wildman–Crippen MR) is 122 cm³/mol. The zero-order valence-corrected chi connectivity index (χ0v) is 18.7. The van der Waals surface area contributed by atoms with Crippen LogP contribution in [-0.4, -0.2) is 63.6 Å². The van der Waals surface area contributed by atoms with Crippen LogP contribution in [0.2, 0.25) is 0 Å². The summed E-state index contributed by atoms with van der Waals surface area (Å²) in [6, 6.07) is 7.52. The van der Waals surface area contributed by atoms with Gasteiger partial charge in [0.25, 0.3) is 11.1 Å². The zero-order chi connectivity index (χ0) is 22.7. The van der Waals surface area contributed by atoms with Crippen LogP contribution in [0.5, 0.6) is 0 Å². The van der Waals surface area contributed by atoms with E-state index in [4.69, 9.17) is 4.74 Å². The summed E-state index contributed by atoms with van der Waals surface area (Å²) in [6.45, 7) is 3.22. The first-order valence-corrected chi connectivity index (χ1v) is 11.6. The predicted octanol–water partition coefficient (Wildman–Crippen LogP) is 3.25. The topological polar surface area (TPSA) is 88.9 Å². The molecule has 2 aliphatic rings. The number of amides is 3. The molecule has 0 aliphatic carbocycles. The van der Waals surface area contributed by atoms with Gasteiger partial charge in [-0.05, 0) is 50.1 Å². The number of hydrogen-bond acceptors (Lipinski definition) is 6. The molecule has 2 saturated heterocycles. The number of carbonyl (C=O) groups excluding carboxylic acids is 4. The van der Waals surface area contributed by atoms with E-state index in [1.165, 1.54) is 0 Å². The van der Waals surface area contributed by atoms with Gasteiger partial charge in [-0.25, -0.2) is 0 Å². The number of likely N-dealkylation sites (tertiary alicyclic amines) is 1. The number of benzene rings is 1. The quantitative estimate of drug-likeness (QED) is 0.491. The lowest BCUT2D eigenvalue weighted by Crippen LogP contribution is -2.44. The number of imide groups is 1. The van der Waals surface area contributed by atoms with Crippen LogP contribution in [0.4, 0.5) is 4.79 Å². The third-order valence-electron chi connectivity index (χ3n) is 5.59. The van der Waals surface area contributed by atoms with Crippen molar-refractivity contribution in [3.05, 3.63) is 40.9 Å². The summed E-state index contributed by atoms with van der Waals surface area (Å²) in [6.07, 6.45) is 6.42. The number of para-hydroxylation sites is 1. The fraction of sp³-hybridized carbons (Fsp3) is 0.391. The van der Waals surface area contributed by atoms with E-state index >= 15 is 0 Å². The van der Waals surface area contributed by atoms with Crippen molar-refractivity contribution in [2.45, 2.75) is 32.7 Å². The molecular formula is C23H25N3O5S. The van der Waals surface area contributed by atoms with Gasteiger partial charge in [0, 0.05) is 35.8 Å². The first-order chi connectivity index (χ1) is 15.5. The molecular weight excluding hydrogens is 430 g/mol. The molecule has 168 valence electrons. The molecule has 1 aromatic heterocycles. The van der Waals surface area contributed by atoms with Gasteiger partial charge in [0.05, 0.1) is 11.5 Å². The van der Waals surface area contributed by atoms with Crippen molar-refractivity contribution >= 4 is 51.8 Å². The summed E-state index contributed by atoms with van der Waals surface area (Å²) in [7, 11) is 0. The molecule has 3 heterocycles. The van der Waals surface area contributed by atoms with Gasteiger partial charge in [0.15, 0.2) is 0 Å². The third-order valence-corrected chi connectivity index (χ3v) is 6.49. The zero-order valence-electron chi connectivity index (χ0n) is 17.9. The Morgan fingerprint density at radius 1 is 1.09 bits per heavy atom. The van der Waals surface area contributed by atoms with E-state index in [-0.39, 0.29) is 29.9 Å². The lowest BCUT2D eigenvalue weighted by atomic mass is 10.1. The Hall–Kier alpha value is -3.07. The van der Waals surface area contributed by atoms with Gasteiger partial charge in [-0.15, -0.1) is 0 Å². The maximum absolute atomic E-state index is 12.9. The largest absolute Gasteiger partial charge is 0.465 e. The molecule has 2 aliphatic heterocycles. The van der Waals surface area contributed by atoms with Crippen molar-refractivity contribution in [2.24, 2.45) is 0 Å². The van der Waals surface area contributed by atoms with Crippen LogP contribution in [0.15, 0.2) is 35.4 Å². The summed E-state index contributed by atoms with van der Waals surface area (Å²) in [5.74, 6) is -1.01. The van der Waals surface area contributed by atoms with Crippen molar-refractivity contribution in [2.75, 3.05) is 26.2 Å². The minimum atomic E-state index is -0.465. The number of carbonyl (C=O) groups is 4. The van der Waals surface area contributed by atoms with E-state index in [2.05, 4.69) is 0 Å². The summed E-state index contributed by atoms with van der Waals surface area (Å²) in [5.41, 5.74) is 1.55. The summed E-state index contributed by atoms with van der Waals surface area (Å²) in [4.78, 5) is 52.9. The Morgan fingerprint density at radius 3 is 2.59 bits per heavy atom. The van der Waals surface area contributed by atoms with E-state index in [1.807, 2.05) is 24.3 Å². The molecule has 0 bridgehead atoms. The van der Waals surface area contributed by atoms with Crippen LogP contribution < -0.4 is 0 Å². The summed E-state index contributed by atoms with van der Waals surface area (Å²) >= 11 is 0.832. The molecule has 0 saturated carbocycles. The van der Waals surface area contributed by atoms with Gasteiger partial charge < -0.3 is 14.2 Å². The standard InChI is InChI=1S/C23H25N3O5S/c1-2-31-21(28)15-25-13-16(17-8-4-5-9-18(17)25)12-19-22(29)26(23(30)32-19)14-20(27)24-10-6-3-7-11-24/h4-5,8-9,12-13H,2-3,6-7,10-11,14-15H2,1H3/b19-12-. The van der Waals surface area contributed by atoms with Gasteiger partial charge >= 0.3 is 5.97 Å². The molecule has 3 amide bonds. The molecule has 0 N–H and O–H groups in total. The smallest absolute Gasteiger partial charge is 0.325 e. The molecule has 9 heteroatoms. The van der Waals surface area contributed by atoms with Crippen LogP contribution in [0, 0.1) is 0 Å². The second-order valence-electron chi connectivity index (χ2n) is 7.74. The second-order valence-corrected chi connectivity index (χ2v) is 8.74. The number of ether oxygens (including phenoxy) is 1. The Morgan fingerprint density at radius 2 is 1.84 bits per heavy atom. The lowest BCUT2D eigenvalue weighted by molar-refractivity contribution is -0.143. The number of thioether (sulfide) groups is 1. The Bertz CT molecular complexity index is 1100. The fourth-order valence-corrected chi connectivity index (χ4v) is 4.85. The second kappa shape index (κ2) is 9.60. The molecule has 2 fully saturated rings. The highest BCUT2D eigenvalue weighted by molar-refractivity contribution is 8.18. The Kier molecular flexibility index (Phi) is 6.64. The van der Waals surface area contributed by atoms with Gasteiger partial charge in [-0.2, -0.15) is 0 Å². The maximum atomic E-state index is 12.9. The SMILES string of the molecule is CCOC(=O)Cn1cc(/C=C2\SC(=O)N(CC(=O)N3CCCCC3)C2=O)c2ccccc21. The van der Waals surface area contributed by atoms with Crippen molar-refractivity contribution in [3.8, 4) is 0 Å². The highest BCUT2D eigenvalue weighted by Gasteiger charge is 2.37. The van der Waals surface area contributed by atoms with Crippen molar-refractivity contribution in [3.63, 3.8) is 0 Å². The number of fused-ring (bicyclic) bond motifs is 1. The average Bonchev–Trinajstić information content (AvgIpc) is 3.26. The normalized spacial score (nSPS) is 18.1. The van der Waals surface area contributed by atoms with E-state index < -0.39 is 11.1 Å². The molecule has 0 atom stereocenters. The van der Waals surface area contributed by atoms with Crippen molar-refractivity contribution in [1.29, 1.82) is 0 Å². The first kappa shape index (κ1) is 22.1. The van der Waals surface area contributed by atoms with Crippen molar-refractivity contribution in [1.82, 2.24) is 14.4 Å². The van der Waals surface area contributed by atoms with Gasteiger partial charge in [-0.1, -0.05) is 18.2 Å². The van der Waals surface area contributed by atoms with Gasteiger partial charge in [0.1, 0.15) is 13.1 Å². The molecule has 1 aromatic carbocycles. The highest BCUT2D eigenvalue weighted by Crippen LogP contribution is 2.34. The number of aromatic nitrogens is 1. The number of nitrogens with zero attached hydrogens (tertiary/aromatic N) is 3. The Balaban J connectivity index is 1.56. The number of hydrogen-bond donors (Lipinski definition) is 0. The summed E-state index contributed by atoms with van der Waals surface area (Å²) < 4.78 is 6.82. The Labute approximate surface area is 190 Å². The van der Waals surface area contributed by atoms with Crippen LogP contribution >= 0.6 is 11.8 Å². The van der Waals surface area contributed by atoms with E-state index in [9.17, 15) is 19.2 Å². The van der Waals surface area contributed by atoms with Crippen molar-refractivity contribution < 1.29 is 23.9 Å². The molecule has 8 nitrogen and oxygen atoms in total. The minimum Gasteiger partial charge on any atom is -0.465 e. The first-order valence-electron chi connectivity index (χ1n) is 10.7. The van der Waals surface area contributed by atoms with Crippen LogP contribution in [0.1, 0.15) is 31.7 Å². The lowest BCUT2D eigenvalue weighted by Gasteiger charge is -2.27. The highest BCUT2D eigenvalue weighted by atomic mass is 32.2. The molecule has 2 aromatic rings. The number of rotatable bonds is 6. The average molecular weight is 456 g/mol. The fourth-order valence-electron chi connectivity index (χ4n) is 4.02. The minimum absolute atomic E-state index is 0.0496. The molecule has 0 spiro atoms. The summed E-state index contributed by atoms with van der Waals surface area (Å²) in [5, 5.41) is 0.412. The molecule has 0 unspecified atom stereocenters. The van der Waals surface area contributed by atoms with E-state index in [0.29, 0.717) is 19.7 Å². The van der Waals surface area contributed by atoms with E-state index in [1.54, 1.807) is 28.7 Å². The van der Waals surface area contributed by atoms with E-state index in [0.717, 1.165) is 52.4 Å². The van der Waals surface area contributed by atoms with Gasteiger partial charge in [0.2, 0.25) is 5.91 Å². The van der Waals surface area contributed by atoms with Gasteiger partial charge in [-0.3, -0.25) is 24.1 Å². The molecule has 4 rings (SSSR count). The number of piperidine rings is 1. The van der Waals surface area contributed by atoms with Crippen LogP contribution in [0.3, 0.4) is 0 Å². The monoisotopic (exact) mass is 455 g/mol.